The Kier molecular flexibility index (Phi) is 2.49. The van der Waals surface area contributed by atoms with E-state index in [9.17, 15) is 4.39 Å². The van der Waals surface area contributed by atoms with Gasteiger partial charge in [0.25, 0.3) is 0 Å². The van der Waals surface area contributed by atoms with Crippen molar-refractivity contribution in [2.75, 3.05) is 12.4 Å². The summed E-state index contributed by atoms with van der Waals surface area (Å²) in [5, 5.41) is 4.11. The fraction of sp³-hybridized carbons (Fsp3) is 0.182. The van der Waals surface area contributed by atoms with E-state index in [1.54, 1.807) is 7.05 Å². The highest BCUT2D eigenvalue weighted by Gasteiger charge is 2.06. The minimum atomic E-state index is -0.370. The van der Waals surface area contributed by atoms with Crippen LogP contribution in [0.2, 0.25) is 5.02 Å². The lowest BCUT2D eigenvalue weighted by atomic mass is 10.1. The van der Waals surface area contributed by atoms with Crippen LogP contribution in [0.4, 0.5) is 10.2 Å². The molecule has 0 unspecified atom stereocenters. The fourth-order valence-corrected chi connectivity index (χ4v) is 1.81. The van der Waals surface area contributed by atoms with Gasteiger partial charge in [0.05, 0.1) is 10.5 Å². The van der Waals surface area contributed by atoms with E-state index in [4.69, 9.17) is 11.6 Å². The van der Waals surface area contributed by atoms with E-state index in [0.29, 0.717) is 10.5 Å². The van der Waals surface area contributed by atoms with E-state index < -0.39 is 0 Å². The summed E-state index contributed by atoms with van der Waals surface area (Å²) < 4.78 is 13.1. The Balaban J connectivity index is 2.81. The first-order chi connectivity index (χ1) is 7.11. The molecule has 0 saturated heterocycles. The zero-order valence-electron chi connectivity index (χ0n) is 8.44. The molecule has 1 heterocycles. The Bertz CT molecular complexity index is 525. The fourth-order valence-electron chi connectivity index (χ4n) is 1.55. The first-order valence-corrected chi connectivity index (χ1v) is 4.94. The summed E-state index contributed by atoms with van der Waals surface area (Å²) in [4.78, 5) is 4.28. The molecular formula is C11H10ClFN2. The number of hydrogen-bond acceptors (Lipinski definition) is 2. The van der Waals surface area contributed by atoms with Crippen LogP contribution < -0.4 is 5.32 Å². The first-order valence-electron chi connectivity index (χ1n) is 4.56. The Hall–Kier alpha value is -1.35. The summed E-state index contributed by atoms with van der Waals surface area (Å²) in [6, 6.07) is 4.57. The Labute approximate surface area is 92.1 Å². The largest absolute Gasteiger partial charge is 0.373 e. The number of anilines is 1. The molecule has 0 aliphatic rings. The molecule has 1 aromatic heterocycles. The normalized spacial score (nSPS) is 10.7. The lowest BCUT2D eigenvalue weighted by molar-refractivity contribution is 0.629. The van der Waals surface area contributed by atoms with Gasteiger partial charge in [-0.1, -0.05) is 11.6 Å². The van der Waals surface area contributed by atoms with Gasteiger partial charge < -0.3 is 5.32 Å². The number of halogens is 2. The summed E-state index contributed by atoms with van der Waals surface area (Å²) in [6.45, 7) is 1.93. The minimum Gasteiger partial charge on any atom is -0.373 e. The molecule has 78 valence electrons. The van der Waals surface area contributed by atoms with Crippen LogP contribution >= 0.6 is 11.6 Å². The van der Waals surface area contributed by atoms with Crippen molar-refractivity contribution in [3.05, 3.63) is 34.6 Å². The summed E-state index contributed by atoms with van der Waals surface area (Å²) >= 11 is 5.93. The third-order valence-corrected chi connectivity index (χ3v) is 2.59. The van der Waals surface area contributed by atoms with Crippen molar-refractivity contribution in [3.8, 4) is 0 Å². The van der Waals surface area contributed by atoms with E-state index in [0.717, 1.165) is 16.8 Å². The molecule has 0 bridgehead atoms. The highest BCUT2D eigenvalue weighted by Crippen LogP contribution is 2.27. The van der Waals surface area contributed by atoms with Crippen LogP contribution in [0.1, 0.15) is 5.56 Å². The molecule has 0 spiro atoms. The molecule has 2 aromatic rings. The monoisotopic (exact) mass is 224 g/mol. The van der Waals surface area contributed by atoms with Crippen LogP contribution in [0, 0.1) is 12.7 Å². The molecule has 4 heteroatoms. The van der Waals surface area contributed by atoms with E-state index >= 15 is 0 Å². The average Bonchev–Trinajstić information content (AvgIpc) is 2.18. The highest BCUT2D eigenvalue weighted by molar-refractivity contribution is 6.35. The molecule has 15 heavy (non-hydrogen) atoms. The van der Waals surface area contributed by atoms with Crippen molar-refractivity contribution >= 4 is 28.3 Å². The van der Waals surface area contributed by atoms with Gasteiger partial charge in [0.15, 0.2) is 0 Å². The molecule has 0 aliphatic carbocycles. The quantitative estimate of drug-likeness (QED) is 0.803. The maximum atomic E-state index is 13.1. The predicted molar refractivity (Wildman–Crippen MR) is 61.0 cm³/mol. The average molecular weight is 225 g/mol. The van der Waals surface area contributed by atoms with Gasteiger partial charge in [-0.3, -0.25) is 0 Å². The second-order valence-corrected chi connectivity index (χ2v) is 3.77. The van der Waals surface area contributed by atoms with Gasteiger partial charge in [-0.2, -0.15) is 0 Å². The number of fused-ring (bicyclic) bond motifs is 1. The first kappa shape index (κ1) is 10.2. The highest BCUT2D eigenvalue weighted by atomic mass is 35.5. The number of nitrogens with zero attached hydrogens (tertiary/aromatic N) is 1. The number of aromatic nitrogens is 1. The molecule has 0 fully saturated rings. The van der Waals surface area contributed by atoms with Gasteiger partial charge >= 0.3 is 0 Å². The van der Waals surface area contributed by atoms with E-state index in [1.807, 2.05) is 13.0 Å². The van der Waals surface area contributed by atoms with Gasteiger partial charge in [0.1, 0.15) is 11.6 Å². The Morgan fingerprint density at radius 2 is 2.07 bits per heavy atom. The maximum absolute atomic E-state index is 13.1. The molecule has 0 aliphatic heterocycles. The SMILES string of the molecule is CNc1nc2cc(F)cc(Cl)c2cc1C. The summed E-state index contributed by atoms with van der Waals surface area (Å²) in [5.74, 6) is 0.370. The molecule has 1 aromatic carbocycles. The van der Waals surface area contributed by atoms with Gasteiger partial charge in [0.2, 0.25) is 0 Å². The minimum absolute atomic E-state index is 0.370. The van der Waals surface area contributed by atoms with Crippen LogP contribution in [-0.2, 0) is 0 Å². The topological polar surface area (TPSA) is 24.9 Å². The van der Waals surface area contributed by atoms with Crippen molar-refractivity contribution < 1.29 is 4.39 Å². The number of hydrogen-bond donors (Lipinski definition) is 1. The van der Waals surface area contributed by atoms with Crippen molar-refractivity contribution in [2.45, 2.75) is 6.92 Å². The third kappa shape index (κ3) is 1.75. The Morgan fingerprint density at radius 1 is 1.33 bits per heavy atom. The Morgan fingerprint density at radius 3 is 2.73 bits per heavy atom. The van der Waals surface area contributed by atoms with Crippen LogP contribution in [0.25, 0.3) is 10.9 Å². The summed E-state index contributed by atoms with van der Waals surface area (Å²) in [5.41, 5.74) is 1.55. The van der Waals surface area contributed by atoms with Crippen molar-refractivity contribution in [1.29, 1.82) is 0 Å². The number of aryl methyl sites for hydroxylation is 1. The van der Waals surface area contributed by atoms with Crippen LogP contribution in [-0.4, -0.2) is 12.0 Å². The molecule has 1 N–H and O–H groups in total. The van der Waals surface area contributed by atoms with Gasteiger partial charge in [0, 0.05) is 18.5 Å². The van der Waals surface area contributed by atoms with Gasteiger partial charge in [-0.05, 0) is 24.6 Å². The number of benzene rings is 1. The van der Waals surface area contributed by atoms with E-state index in [-0.39, 0.29) is 5.82 Å². The standard InChI is InChI=1S/C11H10ClFN2/c1-6-3-8-9(12)4-7(13)5-10(8)15-11(6)14-2/h3-5H,1-2H3,(H,14,15). The lowest BCUT2D eigenvalue weighted by Crippen LogP contribution is -1.96. The zero-order chi connectivity index (χ0) is 11.0. The van der Waals surface area contributed by atoms with Crippen molar-refractivity contribution in [1.82, 2.24) is 4.98 Å². The molecule has 0 radical (unpaired) electrons. The van der Waals surface area contributed by atoms with Crippen LogP contribution in [0.5, 0.6) is 0 Å². The second-order valence-electron chi connectivity index (χ2n) is 3.36. The maximum Gasteiger partial charge on any atom is 0.129 e. The smallest absolute Gasteiger partial charge is 0.129 e. The number of nitrogens with one attached hydrogen (secondary N) is 1. The molecule has 2 rings (SSSR count). The molecule has 0 atom stereocenters. The van der Waals surface area contributed by atoms with E-state index in [1.165, 1.54) is 12.1 Å². The number of pyridine rings is 1. The van der Waals surface area contributed by atoms with Gasteiger partial charge in [-0.25, -0.2) is 9.37 Å². The van der Waals surface area contributed by atoms with Crippen LogP contribution in [0.3, 0.4) is 0 Å². The molecule has 0 saturated carbocycles. The number of rotatable bonds is 1. The second kappa shape index (κ2) is 3.66. The summed E-state index contributed by atoms with van der Waals surface area (Å²) in [7, 11) is 1.78. The van der Waals surface area contributed by atoms with Crippen molar-refractivity contribution in [2.24, 2.45) is 0 Å². The molecule has 0 amide bonds. The van der Waals surface area contributed by atoms with Crippen molar-refractivity contribution in [3.63, 3.8) is 0 Å². The molecule has 2 nitrogen and oxygen atoms in total. The predicted octanol–water partition coefficient (Wildman–Crippen LogP) is 3.38. The molecular weight excluding hydrogens is 215 g/mol. The summed E-state index contributed by atoms with van der Waals surface area (Å²) in [6.07, 6.45) is 0. The zero-order valence-corrected chi connectivity index (χ0v) is 9.19. The third-order valence-electron chi connectivity index (χ3n) is 2.28. The lowest BCUT2D eigenvalue weighted by Gasteiger charge is -2.07. The van der Waals surface area contributed by atoms with Crippen LogP contribution in [0.15, 0.2) is 18.2 Å². The van der Waals surface area contributed by atoms with E-state index in [2.05, 4.69) is 10.3 Å². The van der Waals surface area contributed by atoms with Gasteiger partial charge in [-0.15, -0.1) is 0 Å².